The van der Waals surface area contributed by atoms with Gasteiger partial charge in [-0.1, -0.05) is 26.8 Å². The zero-order valence-electron chi connectivity index (χ0n) is 13.4. The second kappa shape index (κ2) is 5.96. The number of pyridine rings is 1. The molecular weight excluding hydrogens is 264 g/mol. The van der Waals surface area contributed by atoms with Crippen molar-refractivity contribution in [1.29, 1.82) is 0 Å². The quantitative estimate of drug-likeness (QED) is 0.855. The molecule has 0 saturated carbocycles. The van der Waals surface area contributed by atoms with Crippen LogP contribution in [0.4, 0.5) is 0 Å². The molecule has 0 spiro atoms. The number of nitrogens with one attached hydrogen (secondary N) is 1. The van der Waals surface area contributed by atoms with Gasteiger partial charge in [0.2, 0.25) is 0 Å². The predicted octanol–water partition coefficient (Wildman–Crippen LogP) is 3.90. The third-order valence-corrected chi connectivity index (χ3v) is 9.13. The van der Waals surface area contributed by atoms with Gasteiger partial charge in [0.05, 0.1) is 5.69 Å². The maximum absolute atomic E-state index is 6.69. The van der Waals surface area contributed by atoms with E-state index in [1.54, 1.807) is 0 Å². The zero-order valence-corrected chi connectivity index (χ0v) is 14.4. The van der Waals surface area contributed by atoms with Gasteiger partial charge in [-0.25, -0.2) is 0 Å². The van der Waals surface area contributed by atoms with Crippen molar-refractivity contribution in [1.82, 2.24) is 10.3 Å². The van der Waals surface area contributed by atoms with Crippen LogP contribution >= 0.6 is 0 Å². The Morgan fingerprint density at radius 3 is 2.60 bits per heavy atom. The molecule has 20 heavy (non-hydrogen) atoms. The first-order chi connectivity index (χ1) is 9.31. The molecule has 1 aromatic rings. The van der Waals surface area contributed by atoms with E-state index in [1.807, 2.05) is 12.3 Å². The molecule has 1 N–H and O–H groups in total. The van der Waals surface area contributed by atoms with Gasteiger partial charge in [0, 0.05) is 12.2 Å². The van der Waals surface area contributed by atoms with Crippen molar-refractivity contribution in [2.45, 2.75) is 63.9 Å². The van der Waals surface area contributed by atoms with E-state index in [4.69, 9.17) is 4.43 Å². The van der Waals surface area contributed by atoms with Crippen LogP contribution in [-0.4, -0.2) is 25.9 Å². The summed E-state index contributed by atoms with van der Waals surface area (Å²) in [5.41, 5.74) is 1.07. The zero-order chi connectivity index (χ0) is 14.8. The minimum absolute atomic E-state index is 0.0830. The standard InChI is InChI=1S/C16H28N2OSi/c1-16(2,3)20(4,5)19-15(14-10-8-12-18-14)13-9-6-7-11-17-13/h6-7,9,11,14-15,18H,8,10,12H2,1-5H3/t14-,15+/m0/s1. The fraction of sp³-hybridized carbons (Fsp3) is 0.688. The number of nitrogens with zero attached hydrogens (tertiary/aromatic N) is 1. The molecule has 4 heteroatoms. The van der Waals surface area contributed by atoms with Gasteiger partial charge in [0.1, 0.15) is 6.10 Å². The fourth-order valence-corrected chi connectivity index (χ4v) is 3.63. The number of rotatable bonds is 4. The Hall–Kier alpha value is -0.713. The van der Waals surface area contributed by atoms with Crippen LogP contribution in [0.5, 0.6) is 0 Å². The lowest BCUT2D eigenvalue weighted by atomic mass is 10.1. The van der Waals surface area contributed by atoms with Gasteiger partial charge in [-0.15, -0.1) is 0 Å². The molecule has 0 unspecified atom stereocenters. The van der Waals surface area contributed by atoms with Crippen LogP contribution in [0.2, 0.25) is 18.1 Å². The minimum Gasteiger partial charge on any atom is -0.407 e. The lowest BCUT2D eigenvalue weighted by Gasteiger charge is -2.40. The molecule has 2 rings (SSSR count). The molecule has 1 saturated heterocycles. The molecule has 1 aliphatic rings. The Kier molecular flexibility index (Phi) is 4.67. The van der Waals surface area contributed by atoms with E-state index in [0.29, 0.717) is 6.04 Å². The summed E-state index contributed by atoms with van der Waals surface area (Å²) >= 11 is 0. The van der Waals surface area contributed by atoms with Crippen LogP contribution in [0, 0.1) is 0 Å². The summed E-state index contributed by atoms with van der Waals surface area (Å²) in [5.74, 6) is 0. The Morgan fingerprint density at radius 1 is 1.35 bits per heavy atom. The summed E-state index contributed by atoms with van der Waals surface area (Å²) in [7, 11) is -1.80. The molecule has 0 radical (unpaired) electrons. The van der Waals surface area contributed by atoms with Crippen LogP contribution in [0.1, 0.15) is 45.4 Å². The molecule has 2 heterocycles. The molecule has 1 fully saturated rings. The Balaban J connectivity index is 2.24. The van der Waals surface area contributed by atoms with Crippen molar-refractivity contribution < 1.29 is 4.43 Å². The molecule has 0 aliphatic carbocycles. The van der Waals surface area contributed by atoms with Crippen LogP contribution in [0.3, 0.4) is 0 Å². The van der Waals surface area contributed by atoms with Crippen LogP contribution in [0.15, 0.2) is 24.4 Å². The summed E-state index contributed by atoms with van der Waals surface area (Å²) in [5, 5.41) is 3.81. The van der Waals surface area contributed by atoms with Crippen molar-refractivity contribution in [3.63, 3.8) is 0 Å². The van der Waals surface area contributed by atoms with E-state index < -0.39 is 8.32 Å². The molecule has 0 aromatic carbocycles. The van der Waals surface area contributed by atoms with Crippen LogP contribution in [-0.2, 0) is 4.43 Å². The monoisotopic (exact) mass is 292 g/mol. The molecule has 0 amide bonds. The third-order valence-electron chi connectivity index (χ3n) is 4.67. The van der Waals surface area contributed by atoms with E-state index >= 15 is 0 Å². The van der Waals surface area contributed by atoms with E-state index in [9.17, 15) is 0 Å². The third kappa shape index (κ3) is 3.48. The van der Waals surface area contributed by atoms with Crippen molar-refractivity contribution >= 4 is 8.32 Å². The lowest BCUT2D eigenvalue weighted by molar-refractivity contribution is 0.141. The van der Waals surface area contributed by atoms with E-state index in [0.717, 1.165) is 12.2 Å². The van der Waals surface area contributed by atoms with E-state index in [-0.39, 0.29) is 11.1 Å². The van der Waals surface area contributed by atoms with Crippen molar-refractivity contribution in [2.75, 3.05) is 6.54 Å². The smallest absolute Gasteiger partial charge is 0.193 e. The maximum atomic E-state index is 6.69. The summed E-state index contributed by atoms with van der Waals surface area (Å²) in [6.07, 6.45) is 4.36. The van der Waals surface area contributed by atoms with Gasteiger partial charge in [0.25, 0.3) is 0 Å². The lowest BCUT2D eigenvalue weighted by Crippen LogP contribution is -2.45. The van der Waals surface area contributed by atoms with Gasteiger partial charge in [-0.05, 0) is 49.7 Å². The molecule has 3 nitrogen and oxygen atoms in total. The van der Waals surface area contributed by atoms with Gasteiger partial charge in [0.15, 0.2) is 8.32 Å². The molecule has 0 bridgehead atoms. The SMILES string of the molecule is CC(C)(C)[Si](C)(C)O[C@H](c1ccccn1)[C@@H]1CCCN1. The highest BCUT2D eigenvalue weighted by Crippen LogP contribution is 2.41. The molecular formula is C16H28N2OSi. The van der Waals surface area contributed by atoms with E-state index in [2.05, 4.69) is 56.3 Å². The summed E-state index contributed by atoms with van der Waals surface area (Å²) in [4.78, 5) is 4.55. The second-order valence-corrected chi connectivity index (χ2v) is 12.0. The summed E-state index contributed by atoms with van der Waals surface area (Å²) in [6.45, 7) is 12.6. The van der Waals surface area contributed by atoms with Gasteiger partial charge in [-0.2, -0.15) is 0 Å². The van der Waals surface area contributed by atoms with E-state index in [1.165, 1.54) is 12.8 Å². The number of hydrogen-bond donors (Lipinski definition) is 1. The first kappa shape index (κ1) is 15.7. The first-order valence-corrected chi connectivity index (χ1v) is 10.5. The largest absolute Gasteiger partial charge is 0.407 e. The predicted molar refractivity (Wildman–Crippen MR) is 86.3 cm³/mol. The maximum Gasteiger partial charge on any atom is 0.193 e. The fourth-order valence-electron chi connectivity index (χ4n) is 2.36. The average Bonchev–Trinajstić information content (AvgIpc) is 2.89. The Morgan fingerprint density at radius 2 is 2.10 bits per heavy atom. The molecule has 112 valence electrons. The Labute approximate surface area is 124 Å². The Bertz CT molecular complexity index is 422. The molecule has 1 aliphatic heterocycles. The highest BCUT2D eigenvalue weighted by Gasteiger charge is 2.41. The van der Waals surface area contributed by atoms with Crippen LogP contribution in [0.25, 0.3) is 0 Å². The highest BCUT2D eigenvalue weighted by atomic mass is 28.4. The first-order valence-electron chi connectivity index (χ1n) is 7.63. The van der Waals surface area contributed by atoms with Gasteiger partial charge in [-0.3, -0.25) is 4.98 Å². The normalized spacial score (nSPS) is 21.9. The van der Waals surface area contributed by atoms with Gasteiger partial charge < -0.3 is 9.74 Å². The van der Waals surface area contributed by atoms with Crippen LogP contribution < -0.4 is 5.32 Å². The van der Waals surface area contributed by atoms with Crippen molar-refractivity contribution in [3.05, 3.63) is 30.1 Å². The average molecular weight is 292 g/mol. The summed E-state index contributed by atoms with van der Waals surface area (Å²) in [6, 6.07) is 6.52. The van der Waals surface area contributed by atoms with Gasteiger partial charge >= 0.3 is 0 Å². The molecule has 1 aromatic heterocycles. The summed E-state index contributed by atoms with van der Waals surface area (Å²) < 4.78 is 6.69. The number of hydrogen-bond acceptors (Lipinski definition) is 3. The van der Waals surface area contributed by atoms with Crippen molar-refractivity contribution in [3.8, 4) is 0 Å². The topological polar surface area (TPSA) is 34.1 Å². The second-order valence-electron chi connectivity index (χ2n) is 7.26. The molecule has 2 atom stereocenters. The highest BCUT2D eigenvalue weighted by molar-refractivity contribution is 6.74. The minimum atomic E-state index is -1.80. The number of aromatic nitrogens is 1. The van der Waals surface area contributed by atoms with Crippen molar-refractivity contribution in [2.24, 2.45) is 0 Å².